The Morgan fingerprint density at radius 3 is 3.13 bits per heavy atom. The zero-order valence-electron chi connectivity index (χ0n) is 8.90. The molecule has 0 spiro atoms. The maximum Gasteiger partial charge on any atom is 0.328 e. The van der Waals surface area contributed by atoms with E-state index < -0.39 is 5.97 Å². The molecule has 4 atom stereocenters. The normalized spacial score (nSPS) is 49.9. The minimum atomic E-state index is -0.800. The van der Waals surface area contributed by atoms with Crippen LogP contribution in [-0.4, -0.2) is 23.3 Å². The average molecular weight is 208 g/mol. The van der Waals surface area contributed by atoms with Gasteiger partial charge in [0.1, 0.15) is 0 Å². The molecule has 0 amide bonds. The monoisotopic (exact) mass is 208 g/mol. The molecule has 0 radical (unpaired) electrons. The second kappa shape index (κ2) is 2.85. The highest BCUT2D eigenvalue weighted by Crippen LogP contribution is 2.60. The lowest BCUT2D eigenvalue weighted by Crippen LogP contribution is -2.32. The maximum absolute atomic E-state index is 10.8. The molecular formula is C12H16O3. The smallest absolute Gasteiger partial charge is 0.328 e. The topological polar surface area (TPSA) is 49.8 Å². The predicted molar refractivity (Wildman–Crippen MR) is 54.4 cm³/mol. The van der Waals surface area contributed by atoms with Gasteiger partial charge in [-0.2, -0.15) is 0 Å². The van der Waals surface area contributed by atoms with Gasteiger partial charge < -0.3 is 9.84 Å². The summed E-state index contributed by atoms with van der Waals surface area (Å²) in [6, 6.07) is 0. The van der Waals surface area contributed by atoms with E-state index in [1.54, 1.807) is 0 Å². The van der Waals surface area contributed by atoms with E-state index >= 15 is 0 Å². The van der Waals surface area contributed by atoms with Gasteiger partial charge >= 0.3 is 5.97 Å². The molecule has 1 N–H and O–H groups in total. The highest BCUT2D eigenvalue weighted by Gasteiger charge is 2.59. The van der Waals surface area contributed by atoms with Crippen LogP contribution >= 0.6 is 0 Å². The van der Waals surface area contributed by atoms with Crippen LogP contribution < -0.4 is 0 Å². The Kier molecular flexibility index (Phi) is 1.78. The van der Waals surface area contributed by atoms with Crippen LogP contribution in [0.5, 0.6) is 0 Å². The summed E-state index contributed by atoms with van der Waals surface area (Å²) in [6.07, 6.45) is 6.61. The van der Waals surface area contributed by atoms with Crippen LogP contribution in [0.15, 0.2) is 11.6 Å². The molecule has 3 heteroatoms. The van der Waals surface area contributed by atoms with Crippen molar-refractivity contribution in [1.29, 1.82) is 0 Å². The van der Waals surface area contributed by atoms with E-state index in [0.717, 1.165) is 31.3 Å². The minimum Gasteiger partial charge on any atom is -0.478 e. The minimum absolute atomic E-state index is 0.107. The van der Waals surface area contributed by atoms with Crippen molar-refractivity contribution in [2.24, 2.45) is 11.3 Å². The van der Waals surface area contributed by atoms with Gasteiger partial charge in [0.2, 0.25) is 0 Å². The number of carboxylic acids is 1. The lowest BCUT2D eigenvalue weighted by atomic mass is 9.68. The number of aliphatic carboxylic acids is 1. The van der Waals surface area contributed by atoms with Crippen LogP contribution in [0.1, 0.15) is 32.6 Å². The first-order valence-electron chi connectivity index (χ1n) is 5.71. The number of carboxylic acid groups (broad SMARTS) is 1. The molecule has 0 aromatic heterocycles. The molecule has 1 heterocycles. The first kappa shape index (κ1) is 9.40. The SMILES string of the molecule is CC12CCC3OC3C1CCC2=CC(=O)O. The Morgan fingerprint density at radius 2 is 2.40 bits per heavy atom. The largest absolute Gasteiger partial charge is 0.478 e. The van der Waals surface area contributed by atoms with Crippen molar-refractivity contribution in [1.82, 2.24) is 0 Å². The zero-order valence-corrected chi connectivity index (χ0v) is 8.90. The Labute approximate surface area is 89.1 Å². The third-order valence-electron chi connectivity index (χ3n) is 4.54. The van der Waals surface area contributed by atoms with Gasteiger partial charge in [0.15, 0.2) is 0 Å². The Hall–Kier alpha value is -0.830. The van der Waals surface area contributed by atoms with Gasteiger partial charge in [0, 0.05) is 6.08 Å². The van der Waals surface area contributed by atoms with Crippen LogP contribution in [-0.2, 0) is 9.53 Å². The van der Waals surface area contributed by atoms with Crippen LogP contribution in [0, 0.1) is 11.3 Å². The standard InChI is InChI=1S/C12H16O3/c1-12-5-4-9-11(15-9)8(12)3-2-7(12)6-10(13)14/h6,8-9,11H,2-5H2,1H3,(H,13,14). The van der Waals surface area contributed by atoms with Crippen molar-refractivity contribution < 1.29 is 14.6 Å². The first-order chi connectivity index (χ1) is 7.11. The maximum atomic E-state index is 10.8. The summed E-state index contributed by atoms with van der Waals surface area (Å²) in [5, 5.41) is 8.85. The average Bonchev–Trinajstić information content (AvgIpc) is 2.87. The Morgan fingerprint density at radius 1 is 1.60 bits per heavy atom. The predicted octanol–water partition coefficient (Wildman–Crippen LogP) is 1.97. The van der Waals surface area contributed by atoms with Crippen LogP contribution in [0.3, 0.4) is 0 Å². The molecule has 3 rings (SSSR count). The van der Waals surface area contributed by atoms with Crippen LogP contribution in [0.25, 0.3) is 0 Å². The number of rotatable bonds is 1. The van der Waals surface area contributed by atoms with E-state index in [-0.39, 0.29) is 5.41 Å². The van der Waals surface area contributed by atoms with Gasteiger partial charge in [-0.15, -0.1) is 0 Å². The van der Waals surface area contributed by atoms with Crippen molar-refractivity contribution in [3.63, 3.8) is 0 Å². The fourth-order valence-corrected chi connectivity index (χ4v) is 3.60. The second-order valence-electron chi connectivity index (χ2n) is 5.25. The summed E-state index contributed by atoms with van der Waals surface area (Å²) >= 11 is 0. The molecule has 0 aromatic rings. The van der Waals surface area contributed by atoms with Gasteiger partial charge in [-0.25, -0.2) is 4.79 Å². The van der Waals surface area contributed by atoms with E-state index in [1.165, 1.54) is 6.08 Å². The Balaban J connectivity index is 1.92. The molecular weight excluding hydrogens is 192 g/mol. The summed E-state index contributed by atoms with van der Waals surface area (Å²) < 4.78 is 5.64. The van der Waals surface area contributed by atoms with E-state index in [2.05, 4.69) is 6.92 Å². The molecule has 2 saturated carbocycles. The summed E-state index contributed by atoms with van der Waals surface area (Å²) in [6.45, 7) is 2.22. The van der Waals surface area contributed by atoms with Gasteiger partial charge in [0.05, 0.1) is 12.2 Å². The van der Waals surface area contributed by atoms with Crippen molar-refractivity contribution >= 4 is 5.97 Å². The summed E-state index contributed by atoms with van der Waals surface area (Å²) in [5.74, 6) is -0.229. The molecule has 1 saturated heterocycles. The summed E-state index contributed by atoms with van der Waals surface area (Å²) in [4.78, 5) is 10.8. The molecule has 0 aromatic carbocycles. The van der Waals surface area contributed by atoms with Crippen LogP contribution in [0.4, 0.5) is 0 Å². The van der Waals surface area contributed by atoms with Gasteiger partial charge in [-0.3, -0.25) is 0 Å². The van der Waals surface area contributed by atoms with Gasteiger partial charge in [0.25, 0.3) is 0 Å². The molecule has 3 fully saturated rings. The van der Waals surface area contributed by atoms with Crippen molar-refractivity contribution in [3.05, 3.63) is 11.6 Å². The lowest BCUT2D eigenvalue weighted by molar-refractivity contribution is -0.131. The molecule has 3 aliphatic rings. The second-order valence-corrected chi connectivity index (χ2v) is 5.25. The highest BCUT2D eigenvalue weighted by atomic mass is 16.6. The molecule has 3 nitrogen and oxygen atoms in total. The third kappa shape index (κ3) is 1.26. The fraction of sp³-hybridized carbons (Fsp3) is 0.750. The summed E-state index contributed by atoms with van der Waals surface area (Å²) in [5.41, 5.74) is 1.24. The highest BCUT2D eigenvalue weighted by molar-refractivity contribution is 5.81. The number of hydrogen-bond donors (Lipinski definition) is 1. The van der Waals surface area contributed by atoms with Crippen molar-refractivity contribution in [2.45, 2.75) is 44.8 Å². The molecule has 2 aliphatic carbocycles. The number of fused-ring (bicyclic) bond motifs is 3. The van der Waals surface area contributed by atoms with E-state index in [9.17, 15) is 4.79 Å². The van der Waals surface area contributed by atoms with Crippen molar-refractivity contribution in [2.75, 3.05) is 0 Å². The quantitative estimate of drug-likeness (QED) is 0.529. The Bertz CT molecular complexity index is 347. The van der Waals surface area contributed by atoms with Crippen molar-refractivity contribution in [3.8, 4) is 0 Å². The summed E-state index contributed by atoms with van der Waals surface area (Å²) in [7, 11) is 0. The number of ether oxygens (including phenoxy) is 1. The van der Waals surface area contributed by atoms with E-state index in [1.807, 2.05) is 0 Å². The van der Waals surface area contributed by atoms with Crippen LogP contribution in [0.2, 0.25) is 0 Å². The van der Waals surface area contributed by atoms with E-state index in [4.69, 9.17) is 9.84 Å². The zero-order chi connectivity index (χ0) is 10.6. The van der Waals surface area contributed by atoms with Gasteiger partial charge in [-0.1, -0.05) is 12.5 Å². The van der Waals surface area contributed by atoms with E-state index in [0.29, 0.717) is 18.1 Å². The molecule has 15 heavy (non-hydrogen) atoms. The number of carbonyl (C=O) groups is 1. The molecule has 1 aliphatic heterocycles. The number of allylic oxidation sites excluding steroid dienone is 1. The number of hydrogen-bond acceptors (Lipinski definition) is 2. The molecule has 4 unspecified atom stereocenters. The molecule has 0 bridgehead atoms. The first-order valence-corrected chi connectivity index (χ1v) is 5.71. The third-order valence-corrected chi connectivity index (χ3v) is 4.54. The van der Waals surface area contributed by atoms with Gasteiger partial charge in [-0.05, 0) is 37.0 Å². The number of epoxide rings is 1. The lowest BCUT2D eigenvalue weighted by Gasteiger charge is -2.35. The molecule has 82 valence electrons. The fourth-order valence-electron chi connectivity index (χ4n) is 3.60.